The van der Waals surface area contributed by atoms with Crippen molar-refractivity contribution in [3.63, 3.8) is 0 Å². The Morgan fingerprint density at radius 2 is 2.00 bits per heavy atom. The lowest BCUT2D eigenvalue weighted by Gasteiger charge is -2.43. The van der Waals surface area contributed by atoms with Gasteiger partial charge in [-0.1, -0.05) is 0 Å². The number of hydrogen-bond acceptors (Lipinski definition) is 4. The van der Waals surface area contributed by atoms with Gasteiger partial charge >= 0.3 is 0 Å². The Labute approximate surface area is 129 Å². The van der Waals surface area contributed by atoms with Crippen LogP contribution in [0.25, 0.3) is 0 Å². The van der Waals surface area contributed by atoms with Crippen molar-refractivity contribution in [1.82, 2.24) is 15.1 Å². The van der Waals surface area contributed by atoms with Crippen molar-refractivity contribution in [3.05, 3.63) is 24.2 Å². The van der Waals surface area contributed by atoms with E-state index >= 15 is 0 Å². The second-order valence-corrected chi connectivity index (χ2v) is 7.00. The molecule has 0 saturated carbocycles. The molecule has 2 heterocycles. The smallest absolute Gasteiger partial charge is 0.103 e. The molecule has 0 spiro atoms. The van der Waals surface area contributed by atoms with Crippen molar-refractivity contribution in [1.29, 1.82) is 0 Å². The number of likely N-dealkylation sites (N-methyl/N-ethyl adjacent to an activating group) is 1. The van der Waals surface area contributed by atoms with Crippen molar-refractivity contribution in [3.8, 4) is 0 Å². The zero-order valence-electron chi connectivity index (χ0n) is 14.1. The van der Waals surface area contributed by atoms with Gasteiger partial charge in [0.05, 0.1) is 6.26 Å². The summed E-state index contributed by atoms with van der Waals surface area (Å²) in [4.78, 5) is 5.02. The minimum absolute atomic E-state index is 0.222. The first kappa shape index (κ1) is 16.5. The van der Waals surface area contributed by atoms with Crippen LogP contribution >= 0.6 is 0 Å². The Bertz CT molecular complexity index is 394. The molecule has 1 aromatic rings. The number of nitrogens with one attached hydrogen (secondary N) is 1. The van der Waals surface area contributed by atoms with Crippen LogP contribution in [0.4, 0.5) is 0 Å². The third kappa shape index (κ3) is 5.13. The van der Waals surface area contributed by atoms with E-state index in [1.807, 2.05) is 6.07 Å². The van der Waals surface area contributed by atoms with E-state index in [1.54, 1.807) is 6.26 Å². The number of nitrogens with zero attached hydrogens (tertiary/aromatic N) is 2. The number of hydrogen-bond donors (Lipinski definition) is 1. The molecule has 1 atom stereocenters. The van der Waals surface area contributed by atoms with Gasteiger partial charge in [0.2, 0.25) is 0 Å². The van der Waals surface area contributed by atoms with E-state index in [0.717, 1.165) is 25.1 Å². The van der Waals surface area contributed by atoms with E-state index in [9.17, 15) is 0 Å². The topological polar surface area (TPSA) is 31.7 Å². The molecule has 0 aliphatic carbocycles. The fourth-order valence-corrected chi connectivity index (χ4v) is 2.86. The summed E-state index contributed by atoms with van der Waals surface area (Å²) in [5.41, 5.74) is 0.222. The highest BCUT2D eigenvalue weighted by Crippen LogP contribution is 2.16. The van der Waals surface area contributed by atoms with Crippen LogP contribution in [0.3, 0.4) is 0 Å². The minimum Gasteiger partial charge on any atom is -0.469 e. The van der Waals surface area contributed by atoms with Crippen LogP contribution in [-0.4, -0.2) is 61.2 Å². The molecule has 1 aromatic heterocycles. The lowest BCUT2D eigenvalue weighted by molar-refractivity contribution is 0.0603. The molecule has 0 radical (unpaired) electrons. The number of piperazine rings is 1. The average Bonchev–Trinajstić information content (AvgIpc) is 2.97. The van der Waals surface area contributed by atoms with Crippen molar-refractivity contribution in [2.24, 2.45) is 0 Å². The predicted molar refractivity (Wildman–Crippen MR) is 87.6 cm³/mol. The van der Waals surface area contributed by atoms with Gasteiger partial charge in [0, 0.05) is 50.7 Å². The Hall–Kier alpha value is -0.840. The van der Waals surface area contributed by atoms with Gasteiger partial charge in [-0.2, -0.15) is 0 Å². The SMILES string of the molecule is CC(CCc1ccco1)NCC(C)(C)N1CCN(C)CC1. The van der Waals surface area contributed by atoms with Crippen molar-refractivity contribution < 1.29 is 4.42 Å². The largest absolute Gasteiger partial charge is 0.469 e. The standard InChI is InChI=1S/C17H31N3O/c1-15(7-8-16-6-5-13-21-16)18-14-17(2,3)20-11-9-19(4)10-12-20/h5-6,13,15,18H,7-12,14H2,1-4H3. The van der Waals surface area contributed by atoms with E-state index in [-0.39, 0.29) is 5.54 Å². The predicted octanol–water partition coefficient (Wildman–Crippen LogP) is 2.22. The Morgan fingerprint density at radius 1 is 1.29 bits per heavy atom. The van der Waals surface area contributed by atoms with Gasteiger partial charge < -0.3 is 14.6 Å². The lowest BCUT2D eigenvalue weighted by Crippen LogP contribution is -2.58. The summed E-state index contributed by atoms with van der Waals surface area (Å²) in [7, 11) is 2.21. The zero-order chi connectivity index (χ0) is 15.3. The molecule has 1 aliphatic rings. The molecule has 4 nitrogen and oxygen atoms in total. The molecule has 0 aromatic carbocycles. The average molecular weight is 293 g/mol. The molecule has 0 bridgehead atoms. The van der Waals surface area contributed by atoms with Gasteiger partial charge in [0.1, 0.15) is 5.76 Å². The minimum atomic E-state index is 0.222. The molecule has 1 saturated heterocycles. The highest BCUT2D eigenvalue weighted by Gasteiger charge is 2.29. The van der Waals surface area contributed by atoms with Crippen molar-refractivity contribution in [2.75, 3.05) is 39.8 Å². The van der Waals surface area contributed by atoms with Crippen LogP contribution in [-0.2, 0) is 6.42 Å². The third-order valence-corrected chi connectivity index (χ3v) is 4.65. The molecule has 1 N–H and O–H groups in total. The molecule has 1 fully saturated rings. The number of furan rings is 1. The summed E-state index contributed by atoms with van der Waals surface area (Å²) in [6, 6.07) is 4.53. The van der Waals surface area contributed by atoms with Crippen molar-refractivity contribution in [2.45, 2.75) is 45.2 Å². The lowest BCUT2D eigenvalue weighted by atomic mass is 10.0. The highest BCUT2D eigenvalue weighted by molar-refractivity contribution is 4.98. The van der Waals surface area contributed by atoms with Crippen LogP contribution in [0.1, 0.15) is 33.0 Å². The van der Waals surface area contributed by atoms with E-state index < -0.39 is 0 Å². The Kier molecular flexibility index (Phi) is 5.85. The van der Waals surface area contributed by atoms with Crippen LogP contribution in [0, 0.1) is 0 Å². The Balaban J connectivity index is 1.70. The van der Waals surface area contributed by atoms with E-state index in [4.69, 9.17) is 4.42 Å². The van der Waals surface area contributed by atoms with Gasteiger partial charge in [-0.15, -0.1) is 0 Å². The van der Waals surface area contributed by atoms with Gasteiger partial charge in [-0.05, 0) is 46.4 Å². The third-order valence-electron chi connectivity index (χ3n) is 4.65. The number of aryl methyl sites for hydroxylation is 1. The molecule has 0 amide bonds. The molecule has 2 rings (SSSR count). The first-order valence-electron chi connectivity index (χ1n) is 8.17. The molecule has 1 aliphatic heterocycles. The Morgan fingerprint density at radius 3 is 2.62 bits per heavy atom. The van der Waals surface area contributed by atoms with Gasteiger partial charge in [-0.25, -0.2) is 0 Å². The van der Waals surface area contributed by atoms with Crippen LogP contribution in [0.2, 0.25) is 0 Å². The maximum absolute atomic E-state index is 5.39. The second kappa shape index (κ2) is 7.43. The molecular weight excluding hydrogens is 262 g/mol. The molecule has 4 heteroatoms. The summed E-state index contributed by atoms with van der Waals surface area (Å²) in [5, 5.41) is 3.70. The monoisotopic (exact) mass is 293 g/mol. The summed E-state index contributed by atoms with van der Waals surface area (Å²) in [5.74, 6) is 1.09. The summed E-state index contributed by atoms with van der Waals surface area (Å²) < 4.78 is 5.39. The first-order valence-corrected chi connectivity index (χ1v) is 8.17. The normalized spacial score (nSPS) is 19.8. The van der Waals surface area contributed by atoms with Crippen LogP contribution in [0.5, 0.6) is 0 Å². The van der Waals surface area contributed by atoms with Crippen LogP contribution < -0.4 is 5.32 Å². The van der Waals surface area contributed by atoms with Crippen molar-refractivity contribution >= 4 is 0 Å². The summed E-state index contributed by atoms with van der Waals surface area (Å²) >= 11 is 0. The fraction of sp³-hybridized carbons (Fsp3) is 0.765. The fourth-order valence-electron chi connectivity index (χ4n) is 2.86. The molecule has 120 valence electrons. The van der Waals surface area contributed by atoms with Gasteiger partial charge in [-0.3, -0.25) is 4.90 Å². The molecule has 21 heavy (non-hydrogen) atoms. The number of rotatable bonds is 7. The molecular formula is C17H31N3O. The van der Waals surface area contributed by atoms with Gasteiger partial charge in [0.15, 0.2) is 0 Å². The van der Waals surface area contributed by atoms with Crippen LogP contribution in [0.15, 0.2) is 22.8 Å². The molecule has 1 unspecified atom stereocenters. The maximum Gasteiger partial charge on any atom is 0.103 e. The van der Waals surface area contributed by atoms with E-state index in [0.29, 0.717) is 6.04 Å². The van der Waals surface area contributed by atoms with E-state index in [1.165, 1.54) is 26.2 Å². The first-order chi connectivity index (χ1) is 9.97. The second-order valence-electron chi connectivity index (χ2n) is 7.00. The van der Waals surface area contributed by atoms with Gasteiger partial charge in [0.25, 0.3) is 0 Å². The summed E-state index contributed by atoms with van der Waals surface area (Å²) in [6.45, 7) is 12.7. The quantitative estimate of drug-likeness (QED) is 0.835. The summed E-state index contributed by atoms with van der Waals surface area (Å²) in [6.07, 6.45) is 3.88. The maximum atomic E-state index is 5.39. The zero-order valence-corrected chi connectivity index (χ0v) is 14.1. The highest BCUT2D eigenvalue weighted by atomic mass is 16.3. The van der Waals surface area contributed by atoms with E-state index in [2.05, 4.69) is 49.0 Å².